The number of amides is 1. The Labute approximate surface area is 170 Å². The largest absolute Gasteiger partial charge is 0.432 e. The Morgan fingerprint density at radius 3 is 2.60 bits per heavy atom. The van der Waals surface area contributed by atoms with Gasteiger partial charge in [-0.25, -0.2) is 4.39 Å². The van der Waals surface area contributed by atoms with Crippen molar-refractivity contribution in [1.29, 1.82) is 0 Å². The lowest BCUT2D eigenvalue weighted by atomic mass is 9.97. The van der Waals surface area contributed by atoms with Gasteiger partial charge in [-0.15, -0.1) is 0 Å². The van der Waals surface area contributed by atoms with E-state index in [-0.39, 0.29) is 36.5 Å². The molecule has 1 aromatic rings. The number of halogens is 4. The summed E-state index contributed by atoms with van der Waals surface area (Å²) in [7, 11) is 0. The van der Waals surface area contributed by atoms with E-state index in [1.807, 2.05) is 6.92 Å². The molecular weight excluding hydrogens is 402 g/mol. The van der Waals surface area contributed by atoms with Gasteiger partial charge in [0.2, 0.25) is 0 Å². The zero-order chi connectivity index (χ0) is 21.9. The van der Waals surface area contributed by atoms with Crippen molar-refractivity contribution < 1.29 is 22.4 Å². The van der Waals surface area contributed by atoms with Crippen LogP contribution in [0.15, 0.2) is 51.4 Å². The second-order valence-electron chi connectivity index (χ2n) is 7.43. The van der Waals surface area contributed by atoms with Gasteiger partial charge in [0.15, 0.2) is 11.5 Å². The van der Waals surface area contributed by atoms with Gasteiger partial charge in [0.05, 0.1) is 25.2 Å². The van der Waals surface area contributed by atoms with Crippen LogP contribution < -0.4 is 10.6 Å². The van der Waals surface area contributed by atoms with Crippen molar-refractivity contribution in [3.63, 3.8) is 0 Å². The minimum atomic E-state index is -4.53. The van der Waals surface area contributed by atoms with Gasteiger partial charge in [0.25, 0.3) is 5.91 Å². The van der Waals surface area contributed by atoms with Crippen LogP contribution in [0, 0.1) is 5.82 Å². The SMILES string of the molecule is CC1CN=C(C(=O)NC2(C)C=CC(C(F)(F)F)=NC2)C(=NCc2ccc(F)cc2)N1. The van der Waals surface area contributed by atoms with Gasteiger partial charge >= 0.3 is 6.18 Å². The molecule has 160 valence electrons. The van der Waals surface area contributed by atoms with Crippen LogP contribution in [0.3, 0.4) is 0 Å². The molecule has 2 aliphatic heterocycles. The van der Waals surface area contributed by atoms with Crippen LogP contribution in [-0.2, 0) is 11.3 Å². The lowest BCUT2D eigenvalue weighted by Crippen LogP contribution is -2.56. The zero-order valence-corrected chi connectivity index (χ0v) is 16.4. The van der Waals surface area contributed by atoms with Crippen molar-refractivity contribution in [2.75, 3.05) is 13.1 Å². The number of carbonyl (C=O) groups excluding carboxylic acids is 1. The van der Waals surface area contributed by atoms with Crippen molar-refractivity contribution >= 4 is 23.2 Å². The molecule has 0 fully saturated rings. The summed E-state index contributed by atoms with van der Waals surface area (Å²) < 4.78 is 51.3. The first-order chi connectivity index (χ1) is 14.1. The van der Waals surface area contributed by atoms with E-state index in [1.54, 1.807) is 19.1 Å². The average Bonchev–Trinajstić information content (AvgIpc) is 2.67. The van der Waals surface area contributed by atoms with Crippen molar-refractivity contribution in [1.82, 2.24) is 10.6 Å². The van der Waals surface area contributed by atoms with E-state index < -0.39 is 23.3 Å². The van der Waals surface area contributed by atoms with Crippen molar-refractivity contribution in [2.24, 2.45) is 15.0 Å². The molecule has 2 unspecified atom stereocenters. The van der Waals surface area contributed by atoms with E-state index in [1.165, 1.54) is 18.2 Å². The highest BCUT2D eigenvalue weighted by atomic mass is 19.4. The first-order valence-electron chi connectivity index (χ1n) is 9.29. The number of hydrogen-bond donors (Lipinski definition) is 2. The Morgan fingerprint density at radius 2 is 2.00 bits per heavy atom. The molecule has 2 aliphatic rings. The number of rotatable bonds is 4. The maximum atomic E-state index is 13.1. The number of alkyl halides is 3. The number of aliphatic imine (C=N–C) groups is 3. The highest BCUT2D eigenvalue weighted by Gasteiger charge is 2.38. The van der Waals surface area contributed by atoms with Crippen molar-refractivity contribution in [2.45, 2.75) is 38.1 Å². The van der Waals surface area contributed by atoms with Gasteiger partial charge in [-0.2, -0.15) is 13.2 Å². The zero-order valence-electron chi connectivity index (χ0n) is 16.4. The van der Waals surface area contributed by atoms with Gasteiger partial charge < -0.3 is 10.6 Å². The second kappa shape index (κ2) is 8.37. The lowest BCUT2D eigenvalue weighted by molar-refractivity contribution is -0.115. The predicted octanol–water partition coefficient (Wildman–Crippen LogP) is 2.60. The minimum Gasteiger partial charge on any atom is -0.364 e. The fraction of sp³-hybridized carbons (Fsp3) is 0.400. The molecule has 0 spiro atoms. The summed E-state index contributed by atoms with van der Waals surface area (Å²) in [5, 5.41) is 5.78. The Morgan fingerprint density at radius 1 is 1.30 bits per heavy atom. The quantitative estimate of drug-likeness (QED) is 0.731. The molecule has 2 heterocycles. The standard InChI is InChI=1S/C20H21F4N5O/c1-12-9-25-16(17(28-12)26-10-13-3-5-14(21)6-4-13)18(30)29-19(2)8-7-15(27-11-19)20(22,23)24/h3-8,12H,9-11H2,1-2H3,(H,26,28)(H,29,30). The van der Waals surface area contributed by atoms with E-state index in [4.69, 9.17) is 0 Å². The van der Waals surface area contributed by atoms with Crippen LogP contribution in [0.5, 0.6) is 0 Å². The first kappa shape index (κ1) is 21.7. The molecule has 30 heavy (non-hydrogen) atoms. The number of dihydropyridines is 1. The van der Waals surface area contributed by atoms with E-state index in [0.717, 1.165) is 11.6 Å². The minimum absolute atomic E-state index is 0.0439. The maximum absolute atomic E-state index is 13.1. The van der Waals surface area contributed by atoms with Crippen LogP contribution in [0.1, 0.15) is 19.4 Å². The summed E-state index contributed by atoms with van der Waals surface area (Å²) in [6.07, 6.45) is -2.40. The van der Waals surface area contributed by atoms with Gasteiger partial charge in [-0.3, -0.25) is 19.8 Å². The third-order valence-electron chi connectivity index (χ3n) is 4.56. The van der Waals surface area contributed by atoms with Crippen molar-refractivity contribution in [3.05, 3.63) is 47.8 Å². The average molecular weight is 423 g/mol. The summed E-state index contributed by atoms with van der Waals surface area (Å²) in [6, 6.07) is 5.78. The number of carbonyl (C=O) groups is 1. The summed E-state index contributed by atoms with van der Waals surface area (Å²) in [5.41, 5.74) is -1.25. The fourth-order valence-corrected chi connectivity index (χ4v) is 2.91. The summed E-state index contributed by atoms with van der Waals surface area (Å²) in [6.45, 7) is 3.76. The molecule has 2 N–H and O–H groups in total. The highest BCUT2D eigenvalue weighted by Crippen LogP contribution is 2.23. The van der Waals surface area contributed by atoms with Gasteiger partial charge in [0, 0.05) is 6.04 Å². The molecule has 1 amide bonds. The first-order valence-corrected chi connectivity index (χ1v) is 9.29. The van der Waals surface area contributed by atoms with E-state index >= 15 is 0 Å². The van der Waals surface area contributed by atoms with Gasteiger partial charge in [0.1, 0.15) is 11.5 Å². The molecule has 0 saturated heterocycles. The van der Waals surface area contributed by atoms with Crippen LogP contribution >= 0.6 is 0 Å². The monoisotopic (exact) mass is 423 g/mol. The third kappa shape index (κ3) is 5.31. The molecule has 0 aromatic heterocycles. The Bertz CT molecular complexity index is 934. The van der Waals surface area contributed by atoms with E-state index in [9.17, 15) is 22.4 Å². The number of nitrogens with one attached hydrogen (secondary N) is 2. The fourth-order valence-electron chi connectivity index (χ4n) is 2.91. The smallest absolute Gasteiger partial charge is 0.364 e. The van der Waals surface area contributed by atoms with E-state index in [2.05, 4.69) is 25.6 Å². The molecule has 0 bridgehead atoms. The van der Waals surface area contributed by atoms with Gasteiger partial charge in [-0.05, 0) is 37.6 Å². The third-order valence-corrected chi connectivity index (χ3v) is 4.56. The number of allylic oxidation sites excluding steroid dienone is 1. The molecule has 1 aromatic carbocycles. The lowest BCUT2D eigenvalue weighted by Gasteiger charge is -2.30. The van der Waals surface area contributed by atoms with E-state index in [0.29, 0.717) is 6.54 Å². The molecule has 6 nitrogen and oxygen atoms in total. The molecular formula is C20H21F4N5O. The van der Waals surface area contributed by atoms with Crippen molar-refractivity contribution in [3.8, 4) is 0 Å². The summed E-state index contributed by atoms with van der Waals surface area (Å²) >= 11 is 0. The van der Waals surface area contributed by atoms with Crippen LogP contribution in [0.4, 0.5) is 17.6 Å². The molecule has 10 heteroatoms. The summed E-state index contributed by atoms with van der Waals surface area (Å²) in [4.78, 5) is 25.0. The number of benzene rings is 1. The molecule has 2 atom stereocenters. The molecule has 0 aliphatic carbocycles. The van der Waals surface area contributed by atoms with Gasteiger partial charge in [-0.1, -0.05) is 18.2 Å². The predicted molar refractivity (Wildman–Crippen MR) is 106 cm³/mol. The normalized spacial score (nSPS) is 25.4. The second-order valence-corrected chi connectivity index (χ2v) is 7.43. The molecule has 0 radical (unpaired) electrons. The topological polar surface area (TPSA) is 78.2 Å². The Kier molecular flexibility index (Phi) is 6.04. The number of amidine groups is 1. The summed E-state index contributed by atoms with van der Waals surface area (Å²) in [5.74, 6) is -0.647. The van der Waals surface area contributed by atoms with Crippen LogP contribution in [-0.4, -0.2) is 54.0 Å². The Balaban J connectivity index is 1.73. The highest BCUT2D eigenvalue weighted by molar-refractivity contribution is 6.66. The molecule has 3 rings (SSSR count). The molecule has 0 saturated carbocycles. The maximum Gasteiger partial charge on any atom is 0.432 e. The van der Waals surface area contributed by atoms with Crippen LogP contribution in [0.25, 0.3) is 0 Å². The number of hydrogen-bond acceptors (Lipinski definition) is 4. The Hall–Kier alpha value is -3.04. The van der Waals surface area contributed by atoms with Crippen LogP contribution in [0.2, 0.25) is 0 Å². The number of nitrogens with zero attached hydrogens (tertiary/aromatic N) is 3.